The third-order valence-electron chi connectivity index (χ3n) is 2.44. The van der Waals surface area contributed by atoms with Crippen LogP contribution in [0.5, 0.6) is 0 Å². The molecular weight excluding hydrogens is 164 g/mol. The van der Waals surface area contributed by atoms with Crippen molar-refractivity contribution in [3.63, 3.8) is 0 Å². The lowest BCUT2D eigenvalue weighted by atomic mass is 10.1. The zero-order valence-corrected chi connectivity index (χ0v) is 7.95. The van der Waals surface area contributed by atoms with Crippen LogP contribution in [0.15, 0.2) is 0 Å². The van der Waals surface area contributed by atoms with Crippen molar-refractivity contribution in [2.75, 3.05) is 6.54 Å². The summed E-state index contributed by atoms with van der Waals surface area (Å²) in [6.45, 7) is 2.83. The number of aromatic nitrogens is 3. The van der Waals surface area contributed by atoms with Gasteiger partial charge in [-0.1, -0.05) is 6.92 Å². The maximum atomic E-state index is 5.54. The molecule has 1 unspecified atom stereocenters. The van der Waals surface area contributed by atoms with E-state index in [0.717, 1.165) is 18.1 Å². The molecule has 13 heavy (non-hydrogen) atoms. The molecule has 1 aliphatic carbocycles. The first-order chi connectivity index (χ1) is 6.29. The molecule has 3 N–H and O–H groups in total. The second-order valence-electron chi connectivity index (χ2n) is 3.96. The maximum Gasteiger partial charge on any atom is 0.153 e. The Balaban J connectivity index is 1.96. The number of hydrogen-bond donors (Lipinski definition) is 2. The molecular formula is C9H16N4. The molecule has 72 valence electrons. The van der Waals surface area contributed by atoms with Crippen molar-refractivity contribution in [1.82, 2.24) is 15.2 Å². The van der Waals surface area contributed by atoms with Gasteiger partial charge in [-0.15, -0.1) is 0 Å². The van der Waals surface area contributed by atoms with Gasteiger partial charge in [-0.25, -0.2) is 4.98 Å². The van der Waals surface area contributed by atoms with E-state index in [1.54, 1.807) is 0 Å². The number of nitrogens with one attached hydrogen (secondary N) is 1. The van der Waals surface area contributed by atoms with E-state index in [1.165, 1.54) is 12.8 Å². The predicted molar refractivity (Wildman–Crippen MR) is 50.3 cm³/mol. The molecule has 1 atom stereocenters. The van der Waals surface area contributed by atoms with Gasteiger partial charge in [-0.3, -0.25) is 5.10 Å². The van der Waals surface area contributed by atoms with Gasteiger partial charge in [0.25, 0.3) is 0 Å². The van der Waals surface area contributed by atoms with E-state index in [1.807, 2.05) is 0 Å². The minimum absolute atomic E-state index is 0.486. The lowest BCUT2D eigenvalue weighted by Crippen LogP contribution is -2.13. The van der Waals surface area contributed by atoms with Gasteiger partial charge in [-0.05, 0) is 25.3 Å². The van der Waals surface area contributed by atoms with Crippen LogP contribution in [0.25, 0.3) is 0 Å². The Hall–Kier alpha value is -0.900. The summed E-state index contributed by atoms with van der Waals surface area (Å²) in [6.07, 6.45) is 3.42. The standard InChI is InChI=1S/C9H16N4/c1-6(5-10)4-8-11-9(13-12-8)7-2-3-7/h6-7H,2-5,10H2,1H3,(H,11,12,13). The summed E-state index contributed by atoms with van der Waals surface area (Å²) < 4.78 is 0. The van der Waals surface area contributed by atoms with Crippen molar-refractivity contribution in [1.29, 1.82) is 0 Å². The second kappa shape index (κ2) is 3.46. The van der Waals surface area contributed by atoms with Crippen LogP contribution in [0.3, 0.4) is 0 Å². The van der Waals surface area contributed by atoms with Gasteiger partial charge in [-0.2, -0.15) is 5.10 Å². The fourth-order valence-electron chi connectivity index (χ4n) is 1.34. The summed E-state index contributed by atoms with van der Waals surface area (Å²) in [4.78, 5) is 4.44. The largest absolute Gasteiger partial charge is 0.330 e. The lowest BCUT2D eigenvalue weighted by Gasteiger charge is -2.03. The fourth-order valence-corrected chi connectivity index (χ4v) is 1.34. The Labute approximate surface area is 77.9 Å². The number of nitrogens with two attached hydrogens (primary N) is 1. The molecule has 2 rings (SSSR count). The molecule has 0 saturated heterocycles. The number of rotatable bonds is 4. The molecule has 4 heteroatoms. The van der Waals surface area contributed by atoms with Crippen LogP contribution in [0.1, 0.15) is 37.3 Å². The van der Waals surface area contributed by atoms with Crippen molar-refractivity contribution in [2.24, 2.45) is 11.7 Å². The van der Waals surface area contributed by atoms with Gasteiger partial charge in [0.1, 0.15) is 5.82 Å². The van der Waals surface area contributed by atoms with Gasteiger partial charge >= 0.3 is 0 Å². The number of hydrogen-bond acceptors (Lipinski definition) is 3. The van der Waals surface area contributed by atoms with Crippen molar-refractivity contribution >= 4 is 0 Å². The Morgan fingerprint density at radius 2 is 2.38 bits per heavy atom. The summed E-state index contributed by atoms with van der Waals surface area (Å²) in [6, 6.07) is 0. The molecule has 0 bridgehead atoms. The van der Waals surface area contributed by atoms with Crippen LogP contribution in [0, 0.1) is 5.92 Å². The van der Waals surface area contributed by atoms with E-state index in [0.29, 0.717) is 18.4 Å². The van der Waals surface area contributed by atoms with E-state index in [-0.39, 0.29) is 0 Å². The highest BCUT2D eigenvalue weighted by molar-refractivity contribution is 5.05. The highest BCUT2D eigenvalue weighted by atomic mass is 15.2. The van der Waals surface area contributed by atoms with Crippen LogP contribution in [0.4, 0.5) is 0 Å². The monoisotopic (exact) mass is 180 g/mol. The first-order valence-corrected chi connectivity index (χ1v) is 4.91. The molecule has 1 aromatic heterocycles. The highest BCUT2D eigenvalue weighted by Crippen LogP contribution is 2.37. The second-order valence-corrected chi connectivity index (χ2v) is 3.96. The van der Waals surface area contributed by atoms with Crippen molar-refractivity contribution in [2.45, 2.75) is 32.1 Å². The Bertz CT molecular complexity index is 277. The van der Waals surface area contributed by atoms with Crippen molar-refractivity contribution in [3.05, 3.63) is 11.6 Å². The van der Waals surface area contributed by atoms with E-state index < -0.39 is 0 Å². The van der Waals surface area contributed by atoms with Gasteiger partial charge in [0.05, 0.1) is 0 Å². The van der Waals surface area contributed by atoms with Gasteiger partial charge in [0.2, 0.25) is 0 Å². The Morgan fingerprint density at radius 3 is 3.00 bits per heavy atom. The molecule has 0 aromatic carbocycles. The van der Waals surface area contributed by atoms with Crippen molar-refractivity contribution in [3.8, 4) is 0 Å². The smallest absolute Gasteiger partial charge is 0.153 e. The number of H-pyrrole nitrogens is 1. The molecule has 1 saturated carbocycles. The quantitative estimate of drug-likeness (QED) is 0.720. The Kier molecular flexibility index (Phi) is 2.31. The molecule has 0 amide bonds. The summed E-state index contributed by atoms with van der Waals surface area (Å²) in [5.74, 6) is 3.11. The van der Waals surface area contributed by atoms with Crippen LogP contribution in [0.2, 0.25) is 0 Å². The van der Waals surface area contributed by atoms with Gasteiger partial charge < -0.3 is 5.73 Å². The third kappa shape index (κ3) is 2.06. The molecule has 0 aliphatic heterocycles. The number of aromatic amines is 1. The average molecular weight is 180 g/mol. The first kappa shape index (κ1) is 8.69. The minimum Gasteiger partial charge on any atom is -0.330 e. The first-order valence-electron chi connectivity index (χ1n) is 4.91. The van der Waals surface area contributed by atoms with Crippen LogP contribution < -0.4 is 5.73 Å². The predicted octanol–water partition coefficient (Wildman–Crippen LogP) is 0.819. The summed E-state index contributed by atoms with van der Waals surface area (Å²) >= 11 is 0. The molecule has 1 fully saturated rings. The van der Waals surface area contributed by atoms with Gasteiger partial charge in [0.15, 0.2) is 5.82 Å². The zero-order chi connectivity index (χ0) is 9.26. The molecule has 1 heterocycles. The molecule has 0 radical (unpaired) electrons. The maximum absolute atomic E-state index is 5.54. The number of nitrogens with zero attached hydrogens (tertiary/aromatic N) is 2. The zero-order valence-electron chi connectivity index (χ0n) is 7.95. The highest BCUT2D eigenvalue weighted by Gasteiger charge is 2.27. The fraction of sp³-hybridized carbons (Fsp3) is 0.778. The third-order valence-corrected chi connectivity index (χ3v) is 2.44. The van der Waals surface area contributed by atoms with Crippen molar-refractivity contribution < 1.29 is 0 Å². The summed E-state index contributed by atoms with van der Waals surface area (Å²) in [5.41, 5.74) is 5.54. The Morgan fingerprint density at radius 1 is 1.62 bits per heavy atom. The van der Waals surface area contributed by atoms with Crippen LogP contribution in [-0.4, -0.2) is 21.7 Å². The van der Waals surface area contributed by atoms with Crippen LogP contribution >= 0.6 is 0 Å². The molecule has 4 nitrogen and oxygen atoms in total. The molecule has 0 spiro atoms. The van der Waals surface area contributed by atoms with E-state index in [9.17, 15) is 0 Å². The normalized spacial score (nSPS) is 18.9. The SMILES string of the molecule is CC(CN)Cc1nc(C2CC2)n[nH]1. The average Bonchev–Trinajstić information content (AvgIpc) is 2.88. The molecule has 1 aromatic rings. The van der Waals surface area contributed by atoms with Gasteiger partial charge in [0, 0.05) is 12.3 Å². The minimum atomic E-state index is 0.486. The molecule has 1 aliphatic rings. The topological polar surface area (TPSA) is 67.6 Å². The summed E-state index contributed by atoms with van der Waals surface area (Å²) in [7, 11) is 0. The lowest BCUT2D eigenvalue weighted by molar-refractivity contribution is 0.574. The van der Waals surface area contributed by atoms with E-state index in [2.05, 4.69) is 22.1 Å². The van der Waals surface area contributed by atoms with E-state index in [4.69, 9.17) is 5.73 Å². The van der Waals surface area contributed by atoms with E-state index >= 15 is 0 Å². The van der Waals surface area contributed by atoms with Crippen LogP contribution in [-0.2, 0) is 6.42 Å². The summed E-state index contributed by atoms with van der Waals surface area (Å²) in [5, 5.41) is 7.16.